The van der Waals surface area contributed by atoms with Crippen LogP contribution in [0, 0.1) is 0 Å². The van der Waals surface area contributed by atoms with Crippen molar-refractivity contribution in [2.24, 2.45) is 0 Å². The van der Waals surface area contributed by atoms with Gasteiger partial charge in [-0.2, -0.15) is 0 Å². The van der Waals surface area contributed by atoms with E-state index in [0.717, 1.165) is 12.8 Å². The standard InChI is InChI=1S/C35H25NS/c1-2-9-26(10-3-1)34-30-12-6-7-13-31(30)35(32-20-21-36-23-33(32)34)37-29-18-16-25(17-19-29)28-15-14-24-8-4-5-11-27(24)22-28/h1-13,16-23H,14-15H2. The molecule has 0 bridgehead atoms. The van der Waals surface area contributed by atoms with E-state index in [1.807, 2.05) is 24.2 Å². The fourth-order valence-corrected chi connectivity index (χ4v) is 6.60. The number of nitrogens with zero attached hydrogens (tertiary/aromatic N) is 1. The largest absolute Gasteiger partial charge is 0.264 e. The van der Waals surface area contributed by atoms with Gasteiger partial charge in [0.15, 0.2) is 0 Å². The first-order valence-electron chi connectivity index (χ1n) is 12.8. The van der Waals surface area contributed by atoms with E-state index in [1.54, 1.807) is 0 Å². The molecule has 0 saturated heterocycles. The van der Waals surface area contributed by atoms with Crippen molar-refractivity contribution >= 4 is 45.0 Å². The lowest BCUT2D eigenvalue weighted by Gasteiger charge is -2.18. The first-order valence-corrected chi connectivity index (χ1v) is 13.6. The SMILES string of the molecule is C1=C(c2ccc(Sc3c4ccccc4c(-c4ccccc4)c4cnccc34)cc2)CCc2ccccc21. The lowest BCUT2D eigenvalue weighted by molar-refractivity contribution is 1.00. The van der Waals surface area contributed by atoms with Crippen molar-refractivity contribution in [3.8, 4) is 11.1 Å². The average molecular weight is 492 g/mol. The van der Waals surface area contributed by atoms with Gasteiger partial charge in [0.2, 0.25) is 0 Å². The Morgan fingerprint density at radius 1 is 0.568 bits per heavy atom. The molecule has 1 aliphatic rings. The van der Waals surface area contributed by atoms with Crippen LogP contribution < -0.4 is 0 Å². The Balaban J connectivity index is 1.31. The Morgan fingerprint density at radius 2 is 1.30 bits per heavy atom. The number of rotatable bonds is 4. The third kappa shape index (κ3) is 4.04. The Hall–Kier alpha value is -4.14. The van der Waals surface area contributed by atoms with E-state index < -0.39 is 0 Å². The molecular weight excluding hydrogens is 466 g/mol. The van der Waals surface area contributed by atoms with E-state index in [-0.39, 0.29) is 0 Å². The predicted octanol–water partition coefficient (Wildman–Crippen LogP) is 9.69. The maximum absolute atomic E-state index is 4.52. The zero-order valence-corrected chi connectivity index (χ0v) is 21.2. The molecule has 0 spiro atoms. The molecule has 6 aromatic rings. The van der Waals surface area contributed by atoms with Crippen LogP contribution in [0.3, 0.4) is 0 Å². The molecule has 0 fully saturated rings. The van der Waals surface area contributed by atoms with Crippen molar-refractivity contribution in [2.45, 2.75) is 22.6 Å². The second kappa shape index (κ2) is 9.38. The molecule has 37 heavy (non-hydrogen) atoms. The molecule has 0 amide bonds. The van der Waals surface area contributed by atoms with Gasteiger partial charge < -0.3 is 0 Å². The lowest BCUT2D eigenvalue weighted by Crippen LogP contribution is -1.98. The van der Waals surface area contributed by atoms with Crippen molar-refractivity contribution in [2.75, 3.05) is 0 Å². The molecule has 0 saturated carbocycles. The van der Waals surface area contributed by atoms with Gasteiger partial charge >= 0.3 is 0 Å². The maximum Gasteiger partial charge on any atom is 0.0353 e. The first-order chi connectivity index (χ1) is 18.3. The normalized spacial score (nSPS) is 12.9. The molecule has 0 N–H and O–H groups in total. The highest BCUT2D eigenvalue weighted by atomic mass is 32.2. The molecule has 2 heteroatoms. The van der Waals surface area contributed by atoms with Crippen LogP contribution in [0.25, 0.3) is 44.3 Å². The number of aryl methyl sites for hydroxylation is 1. The predicted molar refractivity (Wildman–Crippen MR) is 158 cm³/mol. The molecule has 176 valence electrons. The second-order valence-corrected chi connectivity index (χ2v) is 10.6. The van der Waals surface area contributed by atoms with Crippen LogP contribution in [0.5, 0.6) is 0 Å². The maximum atomic E-state index is 4.52. The van der Waals surface area contributed by atoms with Crippen LogP contribution in [0.4, 0.5) is 0 Å². The van der Waals surface area contributed by atoms with E-state index in [0.29, 0.717) is 0 Å². The number of pyridine rings is 1. The van der Waals surface area contributed by atoms with Crippen molar-refractivity contribution in [3.63, 3.8) is 0 Å². The van der Waals surface area contributed by atoms with Crippen molar-refractivity contribution < 1.29 is 0 Å². The van der Waals surface area contributed by atoms with Crippen molar-refractivity contribution in [3.05, 3.63) is 138 Å². The molecule has 1 heterocycles. The van der Waals surface area contributed by atoms with Gasteiger partial charge in [0.25, 0.3) is 0 Å². The van der Waals surface area contributed by atoms with Crippen molar-refractivity contribution in [1.29, 1.82) is 0 Å². The quantitative estimate of drug-likeness (QED) is 0.228. The summed E-state index contributed by atoms with van der Waals surface area (Å²) in [5.74, 6) is 0. The number of hydrogen-bond acceptors (Lipinski definition) is 2. The number of hydrogen-bond donors (Lipinski definition) is 0. The summed E-state index contributed by atoms with van der Waals surface area (Å²) in [5.41, 5.74) is 8.02. The minimum atomic E-state index is 1.09. The highest BCUT2D eigenvalue weighted by Crippen LogP contribution is 2.45. The van der Waals surface area contributed by atoms with Crippen LogP contribution in [0.1, 0.15) is 23.1 Å². The fourth-order valence-electron chi connectivity index (χ4n) is 5.52. The number of benzene rings is 5. The number of aromatic nitrogens is 1. The van der Waals surface area contributed by atoms with E-state index >= 15 is 0 Å². The smallest absolute Gasteiger partial charge is 0.0353 e. The van der Waals surface area contributed by atoms with Gasteiger partial charge in [-0.25, -0.2) is 0 Å². The van der Waals surface area contributed by atoms with Gasteiger partial charge in [-0.1, -0.05) is 109 Å². The molecule has 1 nitrogen and oxygen atoms in total. The Labute approximate surface area is 221 Å². The molecule has 0 atom stereocenters. The Morgan fingerprint density at radius 3 is 2.16 bits per heavy atom. The highest BCUT2D eigenvalue weighted by molar-refractivity contribution is 7.99. The summed E-state index contributed by atoms with van der Waals surface area (Å²) in [6, 6.07) is 39.5. The van der Waals surface area contributed by atoms with E-state index in [4.69, 9.17) is 0 Å². The minimum absolute atomic E-state index is 1.09. The summed E-state index contributed by atoms with van der Waals surface area (Å²) in [5, 5.41) is 4.98. The molecule has 0 aliphatic heterocycles. The van der Waals surface area contributed by atoms with Gasteiger partial charge in [-0.15, -0.1) is 0 Å². The zero-order chi connectivity index (χ0) is 24.6. The minimum Gasteiger partial charge on any atom is -0.264 e. The highest BCUT2D eigenvalue weighted by Gasteiger charge is 2.17. The van der Waals surface area contributed by atoms with Gasteiger partial charge in [0.1, 0.15) is 0 Å². The van der Waals surface area contributed by atoms with E-state index in [1.165, 1.54) is 64.7 Å². The molecular formula is C35H25NS. The molecule has 1 aromatic heterocycles. The Kier molecular flexibility index (Phi) is 5.60. The summed E-state index contributed by atoms with van der Waals surface area (Å²) >= 11 is 1.85. The van der Waals surface area contributed by atoms with Crippen LogP contribution in [0.15, 0.2) is 131 Å². The fraction of sp³-hybridized carbons (Fsp3) is 0.0571. The van der Waals surface area contributed by atoms with Gasteiger partial charge in [0.05, 0.1) is 0 Å². The average Bonchev–Trinajstić information content (AvgIpc) is 2.98. The van der Waals surface area contributed by atoms with E-state index in [2.05, 4.69) is 120 Å². The third-order valence-corrected chi connectivity index (χ3v) is 8.48. The summed E-state index contributed by atoms with van der Waals surface area (Å²) in [7, 11) is 0. The van der Waals surface area contributed by atoms with Crippen LogP contribution in [-0.2, 0) is 6.42 Å². The number of allylic oxidation sites excluding steroid dienone is 1. The zero-order valence-electron chi connectivity index (χ0n) is 20.4. The summed E-state index contributed by atoms with van der Waals surface area (Å²) in [4.78, 5) is 7.05. The van der Waals surface area contributed by atoms with Gasteiger partial charge in [-0.05, 0) is 80.6 Å². The second-order valence-electron chi connectivity index (χ2n) is 9.53. The Bertz CT molecular complexity index is 1730. The van der Waals surface area contributed by atoms with Crippen LogP contribution >= 0.6 is 11.8 Å². The molecule has 0 radical (unpaired) electrons. The van der Waals surface area contributed by atoms with Crippen molar-refractivity contribution in [1.82, 2.24) is 4.98 Å². The van der Waals surface area contributed by atoms with Gasteiger partial charge in [-0.3, -0.25) is 4.98 Å². The van der Waals surface area contributed by atoms with Crippen LogP contribution in [0.2, 0.25) is 0 Å². The molecule has 5 aromatic carbocycles. The molecule has 0 unspecified atom stereocenters. The molecule has 1 aliphatic carbocycles. The third-order valence-electron chi connectivity index (χ3n) is 7.33. The lowest BCUT2D eigenvalue weighted by atomic mass is 9.89. The molecule has 7 rings (SSSR count). The topological polar surface area (TPSA) is 12.9 Å². The van der Waals surface area contributed by atoms with Crippen LogP contribution in [-0.4, -0.2) is 4.98 Å². The number of fused-ring (bicyclic) bond motifs is 3. The van der Waals surface area contributed by atoms with Gasteiger partial charge in [0, 0.05) is 27.6 Å². The summed E-state index contributed by atoms with van der Waals surface area (Å²) < 4.78 is 0. The monoisotopic (exact) mass is 491 g/mol. The van der Waals surface area contributed by atoms with E-state index in [9.17, 15) is 0 Å². The summed E-state index contributed by atoms with van der Waals surface area (Å²) in [6.07, 6.45) is 8.49. The summed E-state index contributed by atoms with van der Waals surface area (Å²) in [6.45, 7) is 0. The first kappa shape index (κ1) is 22.1.